The average Bonchev–Trinajstić information content (AvgIpc) is 2.62. The smallest absolute Gasteiger partial charge is 0.124 e. The highest BCUT2D eigenvalue weighted by Gasteiger charge is 2.20. The Labute approximate surface area is 149 Å². The summed E-state index contributed by atoms with van der Waals surface area (Å²) < 4.78 is 41.8. The van der Waals surface area contributed by atoms with Crippen molar-refractivity contribution in [2.24, 2.45) is 0 Å². The maximum absolute atomic E-state index is 13.5. The van der Waals surface area contributed by atoms with Crippen molar-refractivity contribution in [3.8, 4) is 0 Å². The molecule has 2 aromatic rings. The number of rotatable bonds is 9. The molecule has 0 heterocycles. The van der Waals surface area contributed by atoms with Gasteiger partial charge in [-0.3, -0.25) is 4.21 Å². The van der Waals surface area contributed by atoms with E-state index in [0.29, 0.717) is 18.7 Å². The van der Waals surface area contributed by atoms with Crippen LogP contribution < -0.4 is 10.6 Å². The molecule has 0 amide bonds. The molecule has 0 saturated carbocycles. The molecular weight excluding hydrogens is 343 g/mol. The van der Waals surface area contributed by atoms with Crippen molar-refractivity contribution in [3.63, 3.8) is 0 Å². The van der Waals surface area contributed by atoms with Crippen molar-refractivity contribution in [2.75, 3.05) is 32.6 Å². The van der Waals surface area contributed by atoms with Crippen molar-refractivity contribution < 1.29 is 17.9 Å². The monoisotopic (exact) mass is 365 g/mol. The van der Waals surface area contributed by atoms with E-state index in [9.17, 15) is 13.2 Å². The number of para-hydroxylation sites is 1. The minimum atomic E-state index is -2.54. The number of anilines is 1. The molecule has 2 unspecified atom stereocenters. The van der Waals surface area contributed by atoms with Gasteiger partial charge in [-0.25, -0.2) is 4.39 Å². The molecule has 0 saturated heterocycles. The third kappa shape index (κ3) is 5.09. The number of benzene rings is 2. The second-order valence-corrected chi connectivity index (χ2v) is 6.40. The molecule has 2 aromatic carbocycles. The molecule has 7 heteroatoms. The van der Waals surface area contributed by atoms with Gasteiger partial charge in [0.2, 0.25) is 0 Å². The lowest BCUT2D eigenvalue weighted by Gasteiger charge is -2.25. The third-order valence-corrected chi connectivity index (χ3v) is 4.59. The van der Waals surface area contributed by atoms with E-state index in [-0.39, 0.29) is 4.90 Å². The summed E-state index contributed by atoms with van der Waals surface area (Å²) in [4.78, 5) is -0.0462. The molecule has 25 heavy (non-hydrogen) atoms. The molecule has 0 spiro atoms. The van der Waals surface area contributed by atoms with Gasteiger partial charge in [0.1, 0.15) is 5.82 Å². The van der Waals surface area contributed by atoms with Gasteiger partial charge in [-0.05, 0) is 53.4 Å². The predicted octanol–water partition coefficient (Wildman–Crippen LogP) is 2.82. The topological polar surface area (TPSA) is 73.4 Å². The van der Waals surface area contributed by atoms with Crippen LogP contribution in [0.2, 0.25) is 0 Å². The number of nitrogens with one attached hydrogen (secondary N) is 2. The summed E-state index contributed by atoms with van der Waals surface area (Å²) >= 11 is -2.54. The first-order chi connectivity index (χ1) is 12.1. The fraction of sp³-hybridized carbons (Fsp3) is 0.333. The van der Waals surface area contributed by atoms with Gasteiger partial charge in [0, 0.05) is 31.3 Å². The molecule has 0 aromatic heterocycles. The normalized spacial score (nSPS) is 13.4. The van der Waals surface area contributed by atoms with Crippen molar-refractivity contribution >= 4 is 16.8 Å². The van der Waals surface area contributed by atoms with Crippen LogP contribution in [0.3, 0.4) is 0 Å². The predicted molar refractivity (Wildman–Crippen MR) is 95.9 cm³/mol. The lowest BCUT2D eigenvalue weighted by molar-refractivity contribution is 0.193. The lowest BCUT2D eigenvalue weighted by atomic mass is 9.96. The highest BCUT2D eigenvalue weighted by molar-refractivity contribution is 7.79. The number of methoxy groups -OCH3 is 1. The Morgan fingerprint density at radius 3 is 2.68 bits per heavy atom. The van der Waals surface area contributed by atoms with Crippen LogP contribution in [0.4, 0.5) is 10.1 Å². The number of halogens is 1. The molecule has 136 valence electrons. The Kier molecular flexibility index (Phi) is 7.52. The molecule has 0 fully saturated rings. The van der Waals surface area contributed by atoms with Crippen LogP contribution in [0.5, 0.6) is 0 Å². The van der Waals surface area contributed by atoms with E-state index in [0.717, 1.165) is 23.7 Å². The Balaban J connectivity index is 2.46. The van der Waals surface area contributed by atoms with Crippen LogP contribution in [-0.2, 0) is 15.8 Å². The Bertz CT molecular complexity index is 727. The van der Waals surface area contributed by atoms with Crippen LogP contribution in [-0.4, -0.2) is 36.1 Å². The molecule has 2 N–H and O–H groups in total. The van der Waals surface area contributed by atoms with Crippen LogP contribution in [0, 0.1) is 5.82 Å². The van der Waals surface area contributed by atoms with Gasteiger partial charge in [0.25, 0.3) is 0 Å². The van der Waals surface area contributed by atoms with Crippen molar-refractivity contribution in [1.29, 1.82) is 0 Å². The average molecular weight is 365 g/mol. The Hall–Kier alpha value is -1.80. The highest BCUT2D eigenvalue weighted by atomic mass is 32.2. The first kappa shape index (κ1) is 19.5. The first-order valence-electron chi connectivity index (χ1n) is 7.96. The fourth-order valence-corrected chi connectivity index (χ4v) is 3.30. The van der Waals surface area contributed by atoms with Crippen molar-refractivity contribution in [1.82, 2.24) is 5.32 Å². The second kappa shape index (κ2) is 9.62. The molecule has 2 atom stereocenters. The zero-order chi connectivity index (χ0) is 18.2. The van der Waals surface area contributed by atoms with E-state index < -0.39 is 22.9 Å². The van der Waals surface area contributed by atoms with Crippen LogP contribution in [0.25, 0.3) is 0 Å². The molecule has 0 bridgehead atoms. The number of hydrogen-bond donors (Lipinski definition) is 2. The molecule has 0 radical (unpaired) electrons. The lowest BCUT2D eigenvalue weighted by Crippen LogP contribution is -2.26. The summed E-state index contributed by atoms with van der Waals surface area (Å²) in [5.74, 6) is -0.581. The summed E-state index contributed by atoms with van der Waals surface area (Å²) in [7, 11) is 3.44. The van der Waals surface area contributed by atoms with Crippen LogP contribution in [0.1, 0.15) is 23.6 Å². The Morgan fingerprint density at radius 1 is 1.24 bits per heavy atom. The van der Waals surface area contributed by atoms with Crippen LogP contribution >= 0.6 is 0 Å². The van der Waals surface area contributed by atoms with E-state index >= 15 is 0 Å². The summed E-state index contributed by atoms with van der Waals surface area (Å²) in [5, 5.41) is 6.48. The maximum Gasteiger partial charge on any atom is 0.124 e. The van der Waals surface area contributed by atoms with E-state index in [1.165, 1.54) is 12.1 Å². The zero-order valence-electron chi connectivity index (χ0n) is 14.3. The molecule has 0 aliphatic carbocycles. The highest BCUT2D eigenvalue weighted by Crippen LogP contribution is 2.31. The van der Waals surface area contributed by atoms with Crippen molar-refractivity contribution in [2.45, 2.75) is 17.4 Å². The minimum Gasteiger partial charge on any atom is -0.768 e. The summed E-state index contributed by atoms with van der Waals surface area (Å²) in [6, 6.07) is 11.1. The maximum atomic E-state index is 13.5. The fourth-order valence-electron chi connectivity index (χ4n) is 2.72. The van der Waals surface area contributed by atoms with E-state index in [1.807, 2.05) is 24.3 Å². The number of ether oxygens (including phenoxy) is 1. The molecule has 0 aliphatic heterocycles. The Morgan fingerprint density at radius 2 is 2.00 bits per heavy atom. The SMILES string of the molecule is CNc1ccccc1C(NCCCOC)c1ccc(F)cc1S(=O)[O-]. The quantitative estimate of drug-likeness (QED) is 0.528. The van der Waals surface area contributed by atoms with Gasteiger partial charge in [0.15, 0.2) is 0 Å². The second-order valence-electron chi connectivity index (χ2n) is 5.49. The molecular formula is C18H22FN2O3S-. The van der Waals surface area contributed by atoms with Gasteiger partial charge in [-0.2, -0.15) is 0 Å². The molecule has 5 nitrogen and oxygen atoms in total. The molecule has 0 aliphatic rings. The largest absolute Gasteiger partial charge is 0.768 e. The summed E-state index contributed by atoms with van der Waals surface area (Å²) in [6.07, 6.45) is 0.770. The van der Waals surface area contributed by atoms with Gasteiger partial charge in [0.05, 0.1) is 6.04 Å². The summed E-state index contributed by atoms with van der Waals surface area (Å²) in [6.45, 7) is 1.22. The third-order valence-electron chi connectivity index (χ3n) is 3.88. The zero-order valence-corrected chi connectivity index (χ0v) is 15.1. The number of hydrogen-bond acceptors (Lipinski definition) is 5. The van der Waals surface area contributed by atoms with Gasteiger partial charge in [-0.15, -0.1) is 0 Å². The van der Waals surface area contributed by atoms with E-state index in [4.69, 9.17) is 4.74 Å². The minimum absolute atomic E-state index is 0.0462. The van der Waals surface area contributed by atoms with Gasteiger partial charge >= 0.3 is 0 Å². The van der Waals surface area contributed by atoms with Gasteiger partial charge < -0.3 is 19.9 Å². The van der Waals surface area contributed by atoms with Crippen LogP contribution in [0.15, 0.2) is 47.4 Å². The first-order valence-corrected chi connectivity index (χ1v) is 9.03. The van der Waals surface area contributed by atoms with E-state index in [2.05, 4.69) is 10.6 Å². The summed E-state index contributed by atoms with van der Waals surface area (Å²) in [5.41, 5.74) is 2.27. The molecule has 2 rings (SSSR count). The standard InChI is InChI=1S/C18H23FN2O3S/c1-20-16-7-4-3-6-14(16)18(21-10-5-11-24-2)15-9-8-13(19)12-17(15)25(22)23/h3-4,6-9,12,18,20-21H,5,10-11H2,1-2H3,(H,22,23)/p-1. The van der Waals surface area contributed by atoms with E-state index in [1.54, 1.807) is 14.2 Å². The van der Waals surface area contributed by atoms with Gasteiger partial charge in [-0.1, -0.05) is 24.3 Å². The van der Waals surface area contributed by atoms with Crippen molar-refractivity contribution in [3.05, 3.63) is 59.4 Å².